The lowest BCUT2D eigenvalue weighted by molar-refractivity contribution is 0.0745. The highest BCUT2D eigenvalue weighted by molar-refractivity contribution is 5.98. The molecule has 0 unspecified atom stereocenters. The fraction of sp³-hybridized carbons (Fsp3) is 0.320. The zero-order valence-corrected chi connectivity index (χ0v) is 18.0. The molecule has 4 rings (SSSR count). The van der Waals surface area contributed by atoms with Gasteiger partial charge in [-0.05, 0) is 30.4 Å². The number of carbonyl (C=O) groups excluding carboxylic acids is 2. The maximum absolute atomic E-state index is 13.1. The first-order valence-electron chi connectivity index (χ1n) is 10.8. The maximum Gasteiger partial charge on any atom is 0.272 e. The van der Waals surface area contributed by atoms with E-state index in [0.717, 1.165) is 12.0 Å². The van der Waals surface area contributed by atoms with Crippen LogP contribution in [0, 0.1) is 6.92 Å². The summed E-state index contributed by atoms with van der Waals surface area (Å²) in [6.07, 6.45) is 0.804. The summed E-state index contributed by atoms with van der Waals surface area (Å²) in [7, 11) is 0. The average molecular weight is 417 g/mol. The molecule has 2 aromatic carbocycles. The van der Waals surface area contributed by atoms with Gasteiger partial charge in [-0.15, -0.1) is 0 Å². The Labute approximate surface area is 182 Å². The largest absolute Gasteiger partial charge is 0.350 e. The van der Waals surface area contributed by atoms with Gasteiger partial charge >= 0.3 is 0 Å². The molecule has 0 saturated carbocycles. The number of hydrogen-bond donors (Lipinski definition) is 1. The summed E-state index contributed by atoms with van der Waals surface area (Å²) < 4.78 is 1.67. The number of rotatable bonds is 6. The van der Waals surface area contributed by atoms with Crippen LogP contribution in [0.3, 0.4) is 0 Å². The first-order chi connectivity index (χ1) is 15.0. The Hall–Kier alpha value is -3.41. The van der Waals surface area contributed by atoms with Crippen molar-refractivity contribution in [2.24, 2.45) is 0 Å². The Morgan fingerprint density at radius 3 is 2.68 bits per heavy atom. The highest BCUT2D eigenvalue weighted by Gasteiger charge is 2.26. The summed E-state index contributed by atoms with van der Waals surface area (Å²) in [5.41, 5.74) is 4.22. The monoisotopic (exact) mass is 416 g/mol. The topological polar surface area (TPSA) is 67.2 Å². The first-order valence-corrected chi connectivity index (χ1v) is 10.8. The number of carbonyl (C=O) groups is 2. The summed E-state index contributed by atoms with van der Waals surface area (Å²) in [5.74, 6) is -0.137. The third kappa shape index (κ3) is 4.85. The molecule has 3 aromatic rings. The van der Waals surface area contributed by atoms with Gasteiger partial charge in [-0.25, -0.2) is 0 Å². The molecule has 1 atom stereocenters. The molecular weight excluding hydrogens is 388 g/mol. The minimum absolute atomic E-state index is 0.0804. The second kappa shape index (κ2) is 9.16. The van der Waals surface area contributed by atoms with E-state index in [0.29, 0.717) is 37.6 Å². The van der Waals surface area contributed by atoms with Crippen molar-refractivity contribution in [1.82, 2.24) is 20.0 Å². The molecule has 1 aliphatic rings. The molecular formula is C25H28N4O2. The van der Waals surface area contributed by atoms with E-state index < -0.39 is 0 Å². The van der Waals surface area contributed by atoms with Crippen LogP contribution in [0.15, 0.2) is 60.7 Å². The van der Waals surface area contributed by atoms with Gasteiger partial charge in [-0.1, -0.05) is 67.1 Å². The van der Waals surface area contributed by atoms with E-state index in [4.69, 9.17) is 0 Å². The number of aromatic nitrogens is 2. The van der Waals surface area contributed by atoms with Crippen molar-refractivity contribution < 1.29 is 9.59 Å². The van der Waals surface area contributed by atoms with Crippen molar-refractivity contribution in [3.8, 4) is 0 Å². The summed E-state index contributed by atoms with van der Waals surface area (Å²) in [4.78, 5) is 27.7. The van der Waals surface area contributed by atoms with Crippen LogP contribution < -0.4 is 5.32 Å². The van der Waals surface area contributed by atoms with Gasteiger partial charge in [0, 0.05) is 32.2 Å². The Bertz CT molecular complexity index is 1070. The van der Waals surface area contributed by atoms with Crippen LogP contribution >= 0.6 is 0 Å². The molecule has 2 amide bonds. The van der Waals surface area contributed by atoms with E-state index >= 15 is 0 Å². The van der Waals surface area contributed by atoms with Crippen molar-refractivity contribution in [2.45, 2.75) is 39.3 Å². The van der Waals surface area contributed by atoms with Crippen LogP contribution in [-0.4, -0.2) is 39.6 Å². The van der Waals surface area contributed by atoms with E-state index in [1.807, 2.05) is 48.2 Å². The van der Waals surface area contributed by atoms with Crippen molar-refractivity contribution in [1.29, 1.82) is 0 Å². The van der Waals surface area contributed by atoms with E-state index in [-0.39, 0.29) is 17.7 Å². The number of fused-ring (bicyclic) bond motifs is 1. The summed E-state index contributed by atoms with van der Waals surface area (Å²) >= 11 is 0. The van der Waals surface area contributed by atoms with Gasteiger partial charge < -0.3 is 10.2 Å². The molecule has 6 heteroatoms. The van der Waals surface area contributed by atoms with Crippen molar-refractivity contribution >= 4 is 11.8 Å². The fourth-order valence-corrected chi connectivity index (χ4v) is 3.96. The van der Waals surface area contributed by atoms with Gasteiger partial charge in [-0.3, -0.25) is 14.3 Å². The lowest BCUT2D eigenvalue weighted by atomic mass is 10.0. The number of hydrogen-bond acceptors (Lipinski definition) is 3. The maximum atomic E-state index is 13.1. The second-order valence-corrected chi connectivity index (χ2v) is 8.23. The molecule has 0 fully saturated rings. The van der Waals surface area contributed by atoms with Gasteiger partial charge in [0.2, 0.25) is 0 Å². The number of nitrogens with one attached hydrogen (secondary N) is 1. The summed E-state index contributed by atoms with van der Waals surface area (Å²) in [6, 6.07) is 19.9. The van der Waals surface area contributed by atoms with Gasteiger partial charge in [0.1, 0.15) is 5.69 Å². The lowest BCUT2D eigenvalue weighted by Gasteiger charge is -2.20. The molecule has 1 aliphatic heterocycles. The van der Waals surface area contributed by atoms with E-state index in [9.17, 15) is 9.59 Å². The van der Waals surface area contributed by atoms with Crippen LogP contribution in [0.5, 0.6) is 0 Å². The summed E-state index contributed by atoms with van der Waals surface area (Å²) in [6.45, 7) is 6.49. The first kappa shape index (κ1) is 20.8. The van der Waals surface area contributed by atoms with Crippen LogP contribution in [0.2, 0.25) is 0 Å². The number of amides is 2. The molecule has 160 valence electrons. The fourth-order valence-electron chi connectivity index (χ4n) is 3.96. The van der Waals surface area contributed by atoms with Crippen molar-refractivity contribution in [2.75, 3.05) is 13.1 Å². The Morgan fingerprint density at radius 1 is 1.10 bits per heavy atom. The van der Waals surface area contributed by atoms with Gasteiger partial charge in [-0.2, -0.15) is 5.10 Å². The molecule has 1 N–H and O–H groups in total. The molecule has 0 bridgehead atoms. The zero-order chi connectivity index (χ0) is 21.8. The predicted octanol–water partition coefficient (Wildman–Crippen LogP) is 3.77. The van der Waals surface area contributed by atoms with E-state index in [1.165, 1.54) is 11.1 Å². The minimum atomic E-state index is -0.249. The molecule has 0 saturated heterocycles. The Morgan fingerprint density at radius 2 is 1.90 bits per heavy atom. The standard InChI is InChI=1S/C25H28N4O2/c1-18-8-6-9-20(14-18)17-28-12-7-13-29-23(25(28)31)15-22(27-29)24(30)26-16-19(2)21-10-4-3-5-11-21/h3-6,8-11,14-15,19H,7,12-13,16-17H2,1-2H3,(H,26,30)/t19-/m0/s1. The predicted molar refractivity (Wildman–Crippen MR) is 120 cm³/mol. The highest BCUT2D eigenvalue weighted by atomic mass is 16.2. The van der Waals surface area contributed by atoms with Crippen LogP contribution in [-0.2, 0) is 13.1 Å². The number of benzene rings is 2. The molecule has 1 aromatic heterocycles. The van der Waals surface area contributed by atoms with Gasteiger partial charge in [0.05, 0.1) is 0 Å². The molecule has 6 nitrogen and oxygen atoms in total. The Balaban J connectivity index is 1.44. The smallest absolute Gasteiger partial charge is 0.272 e. The Kier molecular flexibility index (Phi) is 6.16. The average Bonchev–Trinajstić information content (AvgIpc) is 3.15. The molecule has 31 heavy (non-hydrogen) atoms. The lowest BCUT2D eigenvalue weighted by Crippen LogP contribution is -2.30. The van der Waals surface area contributed by atoms with Gasteiger partial charge in [0.15, 0.2) is 5.69 Å². The number of nitrogens with zero attached hydrogens (tertiary/aromatic N) is 3. The van der Waals surface area contributed by atoms with Crippen LogP contribution in [0.4, 0.5) is 0 Å². The quantitative estimate of drug-likeness (QED) is 0.665. The molecule has 2 heterocycles. The highest BCUT2D eigenvalue weighted by Crippen LogP contribution is 2.18. The SMILES string of the molecule is Cc1cccc(CN2CCCn3nc(C(=O)NC[C@H](C)c4ccccc4)cc3C2=O)c1. The third-order valence-electron chi connectivity index (χ3n) is 5.71. The third-order valence-corrected chi connectivity index (χ3v) is 5.71. The normalized spacial score (nSPS) is 14.6. The summed E-state index contributed by atoms with van der Waals surface area (Å²) in [5, 5.41) is 7.38. The van der Waals surface area contributed by atoms with Crippen molar-refractivity contribution in [3.05, 3.63) is 88.7 Å². The molecule has 0 radical (unpaired) electrons. The molecule has 0 spiro atoms. The molecule has 0 aliphatic carbocycles. The van der Waals surface area contributed by atoms with Crippen LogP contribution in [0.25, 0.3) is 0 Å². The van der Waals surface area contributed by atoms with Gasteiger partial charge in [0.25, 0.3) is 11.8 Å². The minimum Gasteiger partial charge on any atom is -0.350 e. The van der Waals surface area contributed by atoms with Crippen molar-refractivity contribution in [3.63, 3.8) is 0 Å². The second-order valence-electron chi connectivity index (χ2n) is 8.23. The van der Waals surface area contributed by atoms with E-state index in [2.05, 4.69) is 35.5 Å². The number of aryl methyl sites for hydroxylation is 2. The van der Waals surface area contributed by atoms with E-state index in [1.54, 1.807) is 10.7 Å². The zero-order valence-electron chi connectivity index (χ0n) is 18.0. The van der Waals surface area contributed by atoms with Crippen LogP contribution in [0.1, 0.15) is 56.9 Å².